The van der Waals surface area contributed by atoms with Crippen LogP contribution in [0.5, 0.6) is 0 Å². The summed E-state index contributed by atoms with van der Waals surface area (Å²) >= 11 is 0. The number of imidazole rings is 1. The largest absolute Gasteiger partial charge is 0.326 e. The van der Waals surface area contributed by atoms with E-state index >= 15 is 0 Å². The Labute approximate surface area is 299 Å². The second-order valence-electron chi connectivity index (χ2n) is 14.9. The van der Waals surface area contributed by atoms with E-state index in [2.05, 4.69) is 112 Å². The average Bonchev–Trinajstić information content (AvgIpc) is 3.37. The molecule has 1 spiro atoms. The summed E-state index contributed by atoms with van der Waals surface area (Å²) < 4.78 is 0. The van der Waals surface area contributed by atoms with Crippen LogP contribution in [0.1, 0.15) is 72.8 Å². The summed E-state index contributed by atoms with van der Waals surface area (Å²) in [4.78, 5) is 27.8. The Morgan fingerprint density at radius 2 is 1.58 bits per heavy atom. The summed E-state index contributed by atoms with van der Waals surface area (Å²) in [7, 11) is 0. The molecule has 1 heterocycles. The van der Waals surface area contributed by atoms with Crippen molar-refractivity contribution in [1.82, 2.24) is 9.97 Å². The third kappa shape index (κ3) is 6.79. The molecule has 50 heavy (non-hydrogen) atoms. The van der Waals surface area contributed by atoms with Gasteiger partial charge in [-0.1, -0.05) is 107 Å². The van der Waals surface area contributed by atoms with E-state index < -0.39 is 0 Å². The van der Waals surface area contributed by atoms with E-state index in [4.69, 9.17) is 4.79 Å². The first kappa shape index (κ1) is 37.9. The van der Waals surface area contributed by atoms with Crippen LogP contribution in [0.2, 0.25) is 0 Å². The number of amides is 2. The maximum atomic E-state index is 12.3. The summed E-state index contributed by atoms with van der Waals surface area (Å²) in [6, 6.07) is 23.8. The number of terminal acetylenes is 1. The number of aromatic amines is 1. The zero-order valence-corrected chi connectivity index (χ0v) is 30.7. The Morgan fingerprint density at radius 1 is 0.980 bits per heavy atom. The van der Waals surface area contributed by atoms with E-state index in [1.54, 1.807) is 5.57 Å². The second kappa shape index (κ2) is 15.3. The van der Waals surface area contributed by atoms with Crippen molar-refractivity contribution < 1.29 is 9.59 Å². The quantitative estimate of drug-likeness (QED) is 0.129. The number of carbonyl (C=O) groups is 2. The van der Waals surface area contributed by atoms with Gasteiger partial charge in [0.1, 0.15) is 6.79 Å². The maximum Gasteiger partial charge on any atom is 0.326 e. The summed E-state index contributed by atoms with van der Waals surface area (Å²) in [6.07, 6.45) is 14.6. The number of allylic oxidation sites excluding steroid dienone is 2. The fraction of sp³-hybridized carbons (Fsp3) is 0.386. The molecule has 3 fully saturated rings. The lowest BCUT2D eigenvalue weighted by molar-refractivity contribution is -0.0980. The summed E-state index contributed by atoms with van der Waals surface area (Å²) in [5, 5.41) is 5.59. The molecule has 3 N–H and O–H groups in total. The Morgan fingerprint density at radius 3 is 2.08 bits per heavy atom. The van der Waals surface area contributed by atoms with Crippen LogP contribution in [-0.4, -0.2) is 22.8 Å². The molecule has 262 valence electrons. The SMILES string of the molecule is C#C.C=C(C)C(Cc1ccc(-c2ccc(NC(=O)Nc3nc4ccccc4[nH]3)cc2)cc1)C(C)C.C=C1CC23C(CCC12CC)C3(C)C.C=O. The second-order valence-corrected chi connectivity index (χ2v) is 14.9. The zero-order valence-electron chi connectivity index (χ0n) is 30.7. The van der Waals surface area contributed by atoms with Crippen molar-refractivity contribution in [3.8, 4) is 24.0 Å². The molecule has 0 bridgehead atoms. The molecule has 4 aromatic rings. The lowest BCUT2D eigenvalue weighted by Gasteiger charge is -2.53. The molecule has 3 aliphatic carbocycles. The summed E-state index contributed by atoms with van der Waals surface area (Å²) in [6.45, 7) is 24.4. The van der Waals surface area contributed by atoms with Gasteiger partial charge in [-0.3, -0.25) is 5.32 Å². The third-order valence-electron chi connectivity index (χ3n) is 12.0. The van der Waals surface area contributed by atoms with Gasteiger partial charge in [-0.15, -0.1) is 12.8 Å². The average molecular weight is 671 g/mol. The van der Waals surface area contributed by atoms with Crippen molar-refractivity contribution in [1.29, 1.82) is 0 Å². The molecule has 3 aromatic carbocycles. The third-order valence-corrected chi connectivity index (χ3v) is 12.0. The lowest BCUT2D eigenvalue weighted by Crippen LogP contribution is -2.44. The highest BCUT2D eigenvalue weighted by Gasteiger charge is 2.85. The fourth-order valence-corrected chi connectivity index (χ4v) is 9.39. The van der Waals surface area contributed by atoms with Gasteiger partial charge in [-0.05, 0) is 114 Å². The Kier molecular flexibility index (Phi) is 11.6. The molecule has 4 unspecified atom stereocenters. The first-order valence-electron chi connectivity index (χ1n) is 17.6. The number of para-hydroxylation sites is 2. The highest BCUT2D eigenvalue weighted by molar-refractivity contribution is 5.99. The van der Waals surface area contributed by atoms with Crippen LogP contribution in [0.15, 0.2) is 97.1 Å². The van der Waals surface area contributed by atoms with Crippen LogP contribution in [0.4, 0.5) is 16.4 Å². The van der Waals surface area contributed by atoms with E-state index in [9.17, 15) is 4.79 Å². The van der Waals surface area contributed by atoms with Crippen LogP contribution < -0.4 is 10.6 Å². The maximum absolute atomic E-state index is 12.3. The van der Waals surface area contributed by atoms with Crippen LogP contribution in [0.3, 0.4) is 0 Å². The topological polar surface area (TPSA) is 86.9 Å². The van der Waals surface area contributed by atoms with E-state index in [1.807, 2.05) is 55.3 Å². The van der Waals surface area contributed by atoms with Gasteiger partial charge in [0.05, 0.1) is 11.0 Å². The molecule has 7 rings (SSSR count). The van der Waals surface area contributed by atoms with Gasteiger partial charge in [-0.25, -0.2) is 9.78 Å². The molecular formula is C44H54N4O2. The number of benzene rings is 3. The minimum Gasteiger partial charge on any atom is -0.324 e. The highest BCUT2D eigenvalue weighted by atomic mass is 16.2. The molecule has 6 heteroatoms. The molecule has 3 aliphatic rings. The number of rotatable bonds is 8. The molecule has 0 aliphatic heterocycles. The van der Waals surface area contributed by atoms with Gasteiger partial charge in [0.25, 0.3) is 0 Å². The number of carbonyl (C=O) groups excluding carboxylic acids is 2. The predicted octanol–water partition coefficient (Wildman–Crippen LogP) is 11.1. The number of hydrogen-bond acceptors (Lipinski definition) is 3. The monoisotopic (exact) mass is 670 g/mol. The number of urea groups is 1. The van der Waals surface area contributed by atoms with Crippen LogP contribution in [0, 0.1) is 46.8 Å². The van der Waals surface area contributed by atoms with Crippen LogP contribution in [-0.2, 0) is 11.2 Å². The number of nitrogens with zero attached hydrogens (tertiary/aromatic N) is 1. The molecule has 4 atom stereocenters. The van der Waals surface area contributed by atoms with Crippen LogP contribution >= 0.6 is 0 Å². The zero-order chi connectivity index (χ0) is 36.9. The Bertz CT molecular complexity index is 1800. The van der Waals surface area contributed by atoms with Crippen molar-refractivity contribution in [2.24, 2.45) is 34.0 Å². The standard InChI is InChI=1S/C28H30N4O.C13H20.C2H2.CH2O/c1-18(2)24(19(3)4)17-20-9-11-21(12-10-20)22-13-15-23(16-14-22)29-28(33)32-27-30-25-7-5-6-8-26(25)31-27;1-5-12-7-6-10-11(3,4)13(10,12)8-9(12)2;2*1-2/h5-16,19,24H,1,17H2,2-4H3,(H3,29,30,31,32,33);10H,2,5-8H2,1,3-4H3;1-2H;1H2. The summed E-state index contributed by atoms with van der Waals surface area (Å²) in [5.41, 5.74) is 10.7. The van der Waals surface area contributed by atoms with E-state index in [1.165, 1.54) is 36.8 Å². The Hall–Kier alpha value is -4.89. The van der Waals surface area contributed by atoms with E-state index in [-0.39, 0.29) is 6.03 Å². The first-order valence-corrected chi connectivity index (χ1v) is 17.6. The van der Waals surface area contributed by atoms with Gasteiger partial charge < -0.3 is 15.1 Å². The molecule has 0 radical (unpaired) electrons. The molecule has 0 saturated heterocycles. The molecular weight excluding hydrogens is 617 g/mol. The first-order chi connectivity index (χ1) is 23.9. The van der Waals surface area contributed by atoms with E-state index in [0.717, 1.165) is 34.5 Å². The number of aromatic nitrogens is 2. The Balaban J connectivity index is 0.000000272. The number of anilines is 2. The number of fused-ring (bicyclic) bond motifs is 1. The molecule has 2 amide bonds. The van der Waals surface area contributed by atoms with Crippen molar-refractivity contribution in [3.05, 3.63) is 103 Å². The lowest BCUT2D eigenvalue weighted by atomic mass is 9.51. The molecule has 1 aromatic heterocycles. The van der Waals surface area contributed by atoms with Gasteiger partial charge in [0.15, 0.2) is 0 Å². The van der Waals surface area contributed by atoms with Gasteiger partial charge in [-0.2, -0.15) is 0 Å². The van der Waals surface area contributed by atoms with Crippen molar-refractivity contribution in [2.75, 3.05) is 10.6 Å². The predicted molar refractivity (Wildman–Crippen MR) is 210 cm³/mol. The van der Waals surface area contributed by atoms with Crippen molar-refractivity contribution >= 4 is 35.5 Å². The van der Waals surface area contributed by atoms with E-state index in [0.29, 0.717) is 39.7 Å². The minimum absolute atomic E-state index is 0.344. The van der Waals surface area contributed by atoms with Crippen molar-refractivity contribution in [2.45, 2.75) is 73.6 Å². The highest BCUT2D eigenvalue weighted by Crippen LogP contribution is 2.92. The minimum atomic E-state index is -0.344. The number of H-pyrrole nitrogens is 1. The fourth-order valence-electron chi connectivity index (χ4n) is 9.39. The normalized spacial score (nSPS) is 22.4. The van der Waals surface area contributed by atoms with Gasteiger partial charge >= 0.3 is 6.03 Å². The smallest absolute Gasteiger partial charge is 0.324 e. The number of nitrogens with one attached hydrogen (secondary N) is 3. The van der Waals surface area contributed by atoms with Crippen molar-refractivity contribution in [3.63, 3.8) is 0 Å². The molecule has 6 nitrogen and oxygen atoms in total. The summed E-state index contributed by atoms with van der Waals surface area (Å²) in [5.74, 6) is 2.51. The number of hydrogen-bond donors (Lipinski definition) is 3. The van der Waals surface area contributed by atoms with Crippen LogP contribution in [0.25, 0.3) is 22.2 Å². The van der Waals surface area contributed by atoms with Gasteiger partial charge in [0.2, 0.25) is 5.95 Å². The van der Waals surface area contributed by atoms with Gasteiger partial charge in [0, 0.05) is 5.69 Å². The molecule has 3 saturated carbocycles.